The number of hydrogen-bond acceptors (Lipinski definition) is 8. The zero-order valence-electron chi connectivity index (χ0n) is 21.9. The fraction of sp³-hybridized carbons (Fsp3) is 0.194. The molecule has 202 valence electrons. The second-order valence-corrected chi connectivity index (χ2v) is 12.5. The summed E-state index contributed by atoms with van der Waals surface area (Å²) >= 11 is 3.23. The number of hydrogen-bond donors (Lipinski definition) is 4. The molecule has 6 rings (SSSR count). The SMILES string of the molecule is CC1(O)CC(N)(c2ccc(-c3nc(-c4cnc(-c5ccc(NC(=O)CN)cc5)s4)sc3-c3ccccc3)cc2)C1. The number of benzene rings is 3. The normalized spacial score (nSPS) is 20.2. The molecule has 0 bridgehead atoms. The molecule has 2 aromatic heterocycles. The maximum absolute atomic E-state index is 11.6. The van der Waals surface area contributed by atoms with Crippen LogP contribution in [-0.2, 0) is 10.3 Å². The highest BCUT2D eigenvalue weighted by Gasteiger charge is 2.49. The summed E-state index contributed by atoms with van der Waals surface area (Å²) in [6.07, 6.45) is 2.97. The van der Waals surface area contributed by atoms with Gasteiger partial charge in [-0.15, -0.1) is 22.7 Å². The Balaban J connectivity index is 1.31. The molecule has 0 atom stereocenters. The van der Waals surface area contributed by atoms with Crippen molar-refractivity contribution in [3.63, 3.8) is 0 Å². The van der Waals surface area contributed by atoms with E-state index in [1.54, 1.807) is 22.7 Å². The molecular weight excluding hydrogens is 539 g/mol. The Labute approximate surface area is 240 Å². The zero-order chi connectivity index (χ0) is 27.9. The van der Waals surface area contributed by atoms with Crippen LogP contribution in [0.15, 0.2) is 85.1 Å². The molecule has 1 aliphatic carbocycles. The number of nitrogens with one attached hydrogen (secondary N) is 1. The van der Waals surface area contributed by atoms with Crippen LogP contribution in [0.3, 0.4) is 0 Å². The lowest BCUT2D eigenvalue weighted by atomic mass is 9.63. The van der Waals surface area contributed by atoms with E-state index in [4.69, 9.17) is 16.5 Å². The van der Waals surface area contributed by atoms with Gasteiger partial charge in [-0.3, -0.25) is 4.79 Å². The van der Waals surface area contributed by atoms with Crippen LogP contribution < -0.4 is 16.8 Å². The molecule has 40 heavy (non-hydrogen) atoms. The number of rotatable bonds is 7. The van der Waals surface area contributed by atoms with Gasteiger partial charge in [-0.2, -0.15) is 0 Å². The van der Waals surface area contributed by atoms with Crippen molar-refractivity contribution >= 4 is 34.3 Å². The van der Waals surface area contributed by atoms with E-state index in [2.05, 4.69) is 46.7 Å². The molecule has 0 unspecified atom stereocenters. The highest BCUT2D eigenvalue weighted by Crippen LogP contribution is 2.47. The number of aromatic nitrogens is 2. The van der Waals surface area contributed by atoms with Crippen LogP contribution in [0.4, 0.5) is 5.69 Å². The number of aliphatic hydroxyl groups is 1. The summed E-state index contributed by atoms with van der Waals surface area (Å²) < 4.78 is 0. The van der Waals surface area contributed by atoms with Crippen molar-refractivity contribution < 1.29 is 9.90 Å². The first-order chi connectivity index (χ1) is 19.2. The van der Waals surface area contributed by atoms with Gasteiger partial charge in [0.15, 0.2) is 0 Å². The largest absolute Gasteiger partial charge is 0.390 e. The average Bonchev–Trinajstić information content (AvgIpc) is 3.61. The molecule has 0 saturated heterocycles. The highest BCUT2D eigenvalue weighted by atomic mass is 32.1. The molecule has 1 fully saturated rings. The van der Waals surface area contributed by atoms with Crippen molar-refractivity contribution in [1.82, 2.24) is 9.97 Å². The van der Waals surface area contributed by atoms with E-state index < -0.39 is 11.1 Å². The van der Waals surface area contributed by atoms with Crippen LogP contribution in [0, 0.1) is 0 Å². The number of carbonyl (C=O) groups excluding carboxylic acids is 1. The minimum Gasteiger partial charge on any atom is -0.390 e. The van der Waals surface area contributed by atoms with Crippen molar-refractivity contribution in [2.45, 2.75) is 30.9 Å². The van der Waals surface area contributed by atoms with Gasteiger partial charge in [0.05, 0.1) is 27.6 Å². The Kier molecular flexibility index (Phi) is 6.85. The molecule has 9 heteroatoms. The van der Waals surface area contributed by atoms with Gasteiger partial charge in [-0.25, -0.2) is 9.97 Å². The predicted octanol–water partition coefficient (Wildman–Crippen LogP) is 5.86. The second kappa shape index (κ2) is 10.3. The Bertz CT molecular complexity index is 1650. The summed E-state index contributed by atoms with van der Waals surface area (Å²) in [4.78, 5) is 23.4. The van der Waals surface area contributed by atoms with Crippen LogP contribution in [0.2, 0.25) is 0 Å². The number of thiazole rings is 2. The number of anilines is 1. The van der Waals surface area contributed by atoms with Gasteiger partial charge >= 0.3 is 0 Å². The quantitative estimate of drug-likeness (QED) is 0.195. The lowest BCUT2D eigenvalue weighted by molar-refractivity contribution is -0.114. The minimum atomic E-state index is -0.701. The lowest BCUT2D eigenvalue weighted by Gasteiger charge is -2.49. The molecule has 0 aliphatic heterocycles. The monoisotopic (exact) mass is 567 g/mol. The fourth-order valence-electron chi connectivity index (χ4n) is 5.29. The third-order valence-electron chi connectivity index (χ3n) is 7.11. The highest BCUT2D eigenvalue weighted by molar-refractivity contribution is 7.25. The lowest BCUT2D eigenvalue weighted by Crippen LogP contribution is -2.58. The van der Waals surface area contributed by atoms with Gasteiger partial charge in [0.25, 0.3) is 0 Å². The van der Waals surface area contributed by atoms with E-state index in [1.165, 1.54) is 0 Å². The predicted molar refractivity (Wildman–Crippen MR) is 163 cm³/mol. The van der Waals surface area contributed by atoms with Crippen LogP contribution >= 0.6 is 22.7 Å². The number of nitrogens with two attached hydrogens (primary N) is 2. The van der Waals surface area contributed by atoms with Gasteiger partial charge in [0, 0.05) is 28.6 Å². The van der Waals surface area contributed by atoms with Gasteiger partial charge in [0.1, 0.15) is 10.0 Å². The molecule has 1 amide bonds. The number of carbonyl (C=O) groups is 1. The van der Waals surface area contributed by atoms with Crippen molar-refractivity contribution in [3.8, 4) is 42.2 Å². The second-order valence-electron chi connectivity index (χ2n) is 10.5. The summed E-state index contributed by atoms with van der Waals surface area (Å²) in [7, 11) is 0. The van der Waals surface area contributed by atoms with Crippen LogP contribution in [0.5, 0.6) is 0 Å². The van der Waals surface area contributed by atoms with E-state index in [0.717, 1.165) is 47.7 Å². The van der Waals surface area contributed by atoms with E-state index in [-0.39, 0.29) is 12.5 Å². The van der Waals surface area contributed by atoms with Gasteiger partial charge in [-0.05, 0) is 55.2 Å². The summed E-state index contributed by atoms with van der Waals surface area (Å²) in [6.45, 7) is 1.78. The van der Waals surface area contributed by atoms with Gasteiger partial charge < -0.3 is 21.9 Å². The molecule has 7 nitrogen and oxygen atoms in total. The Morgan fingerprint density at radius 3 is 2.25 bits per heavy atom. The Morgan fingerprint density at radius 1 is 0.925 bits per heavy atom. The standard InChI is InChI=1S/C31H29N5O2S2/c1-30(38)17-31(33,18-30)22-11-7-19(8-12-22)26-27(20-5-3-2-4-6-20)40-29(36-26)24-16-34-28(39-24)21-9-13-23(14-10-21)35-25(37)15-32/h2-14,16,38H,15,17-18,32-33H2,1H3,(H,35,37). The molecule has 5 aromatic rings. The Morgan fingerprint density at radius 2 is 1.60 bits per heavy atom. The molecule has 3 aromatic carbocycles. The van der Waals surface area contributed by atoms with Crippen LogP contribution in [-0.4, -0.2) is 33.1 Å². The van der Waals surface area contributed by atoms with E-state index >= 15 is 0 Å². The Hall–Kier alpha value is -3.73. The first-order valence-corrected chi connectivity index (χ1v) is 14.6. The smallest absolute Gasteiger partial charge is 0.238 e. The van der Waals surface area contributed by atoms with Crippen LogP contribution in [0.25, 0.3) is 42.2 Å². The van der Waals surface area contributed by atoms with E-state index in [1.807, 2.05) is 55.6 Å². The topological polar surface area (TPSA) is 127 Å². The first kappa shape index (κ1) is 26.5. The van der Waals surface area contributed by atoms with Gasteiger partial charge in [0.2, 0.25) is 5.91 Å². The number of nitrogens with zero attached hydrogens (tertiary/aromatic N) is 2. The van der Waals surface area contributed by atoms with Crippen molar-refractivity contribution in [3.05, 3.63) is 90.6 Å². The third kappa shape index (κ3) is 5.22. The minimum absolute atomic E-state index is 0.0560. The van der Waals surface area contributed by atoms with Crippen molar-refractivity contribution in [2.75, 3.05) is 11.9 Å². The maximum Gasteiger partial charge on any atom is 0.238 e. The number of amides is 1. The molecule has 2 heterocycles. The van der Waals surface area contributed by atoms with E-state index in [0.29, 0.717) is 18.5 Å². The molecule has 0 radical (unpaired) electrons. The average molecular weight is 568 g/mol. The first-order valence-electron chi connectivity index (χ1n) is 13.0. The zero-order valence-corrected chi connectivity index (χ0v) is 23.6. The molecule has 1 saturated carbocycles. The van der Waals surface area contributed by atoms with Gasteiger partial charge in [-0.1, -0.05) is 54.6 Å². The molecular formula is C31H29N5O2S2. The molecule has 0 spiro atoms. The molecule has 6 N–H and O–H groups in total. The fourth-order valence-corrected chi connectivity index (χ4v) is 7.35. The summed E-state index contributed by atoms with van der Waals surface area (Å²) in [5.74, 6) is -0.230. The maximum atomic E-state index is 11.6. The van der Waals surface area contributed by atoms with Crippen LogP contribution in [0.1, 0.15) is 25.3 Å². The third-order valence-corrected chi connectivity index (χ3v) is 9.43. The summed E-state index contributed by atoms with van der Waals surface area (Å²) in [6, 6.07) is 26.1. The van der Waals surface area contributed by atoms with Crippen molar-refractivity contribution in [2.24, 2.45) is 11.5 Å². The van der Waals surface area contributed by atoms with E-state index in [9.17, 15) is 9.90 Å². The summed E-state index contributed by atoms with van der Waals surface area (Å²) in [5, 5.41) is 14.8. The molecule has 1 aliphatic rings. The summed E-state index contributed by atoms with van der Waals surface area (Å²) in [5.41, 5.74) is 16.5. The van der Waals surface area contributed by atoms with Crippen molar-refractivity contribution in [1.29, 1.82) is 0 Å².